The first-order valence-corrected chi connectivity index (χ1v) is 9.83. The molecule has 0 saturated heterocycles. The van der Waals surface area contributed by atoms with Gasteiger partial charge in [-0.3, -0.25) is 4.79 Å². The van der Waals surface area contributed by atoms with Gasteiger partial charge < -0.3 is 9.84 Å². The summed E-state index contributed by atoms with van der Waals surface area (Å²) in [6, 6.07) is 7.85. The molecule has 1 aromatic heterocycles. The lowest BCUT2D eigenvalue weighted by molar-refractivity contribution is -0.121. The van der Waals surface area contributed by atoms with Gasteiger partial charge in [0.1, 0.15) is 0 Å². The average Bonchev–Trinajstić information content (AvgIpc) is 3.07. The van der Waals surface area contributed by atoms with Gasteiger partial charge in [-0.15, -0.1) is 0 Å². The van der Waals surface area contributed by atoms with Crippen LogP contribution in [0.5, 0.6) is 0 Å². The number of hydrogen-bond acceptors (Lipinski definition) is 4. The first kappa shape index (κ1) is 18.6. The highest BCUT2D eigenvalue weighted by Gasteiger charge is 2.26. The third kappa shape index (κ3) is 4.93. The van der Waals surface area contributed by atoms with E-state index in [-0.39, 0.29) is 11.8 Å². The number of anilines is 1. The van der Waals surface area contributed by atoms with Crippen molar-refractivity contribution >= 4 is 11.6 Å². The van der Waals surface area contributed by atoms with Crippen molar-refractivity contribution < 1.29 is 9.32 Å². The second-order valence-electron chi connectivity index (χ2n) is 7.42. The zero-order chi connectivity index (χ0) is 18.4. The molecule has 0 spiro atoms. The molecule has 26 heavy (non-hydrogen) atoms. The molecule has 3 rings (SSSR count). The third-order valence-electron chi connectivity index (χ3n) is 5.37. The van der Waals surface area contributed by atoms with Crippen LogP contribution in [0.15, 0.2) is 28.8 Å². The number of aryl methyl sites for hydroxylation is 1. The van der Waals surface area contributed by atoms with Gasteiger partial charge in [-0.25, -0.2) is 0 Å². The van der Waals surface area contributed by atoms with Crippen LogP contribution in [-0.2, 0) is 11.2 Å². The fraction of sp³-hybridized carbons (Fsp3) is 0.571. The lowest BCUT2D eigenvalue weighted by Crippen LogP contribution is -2.27. The molecule has 5 heteroatoms. The summed E-state index contributed by atoms with van der Waals surface area (Å²) in [5.74, 6) is 2.29. The Bertz CT molecular complexity index is 718. The van der Waals surface area contributed by atoms with E-state index in [4.69, 9.17) is 4.52 Å². The largest absolute Gasteiger partial charge is 0.339 e. The maximum Gasteiger partial charge on any atom is 0.231 e. The molecular formula is C21H29N3O2. The van der Waals surface area contributed by atoms with Crippen LogP contribution >= 0.6 is 0 Å². The van der Waals surface area contributed by atoms with Crippen LogP contribution in [0.4, 0.5) is 5.69 Å². The smallest absolute Gasteiger partial charge is 0.231 e. The van der Waals surface area contributed by atoms with Gasteiger partial charge in [0, 0.05) is 11.6 Å². The van der Waals surface area contributed by atoms with Gasteiger partial charge >= 0.3 is 0 Å². The number of unbranched alkanes of at least 4 members (excludes halogenated alkanes) is 1. The first-order chi connectivity index (χ1) is 12.7. The van der Waals surface area contributed by atoms with Gasteiger partial charge in [-0.05, 0) is 50.2 Å². The van der Waals surface area contributed by atoms with E-state index in [0.29, 0.717) is 18.1 Å². The fourth-order valence-corrected chi connectivity index (χ4v) is 3.81. The van der Waals surface area contributed by atoms with Crippen molar-refractivity contribution in [3.8, 4) is 0 Å². The van der Waals surface area contributed by atoms with E-state index in [1.807, 2.05) is 24.3 Å². The van der Waals surface area contributed by atoms with Crippen molar-refractivity contribution in [2.45, 2.75) is 65.2 Å². The first-order valence-electron chi connectivity index (χ1n) is 9.83. The number of aromatic nitrogens is 2. The molecule has 1 aromatic carbocycles. The van der Waals surface area contributed by atoms with Gasteiger partial charge in [0.15, 0.2) is 5.82 Å². The summed E-state index contributed by atoms with van der Waals surface area (Å²) in [5, 5.41) is 6.97. The Hall–Kier alpha value is -2.17. The number of nitrogens with one attached hydrogen (secondary N) is 1. The van der Waals surface area contributed by atoms with Crippen LogP contribution in [0, 0.1) is 18.8 Å². The van der Waals surface area contributed by atoms with Gasteiger partial charge in [0.25, 0.3) is 0 Å². The minimum atomic E-state index is 0.131. The zero-order valence-electron chi connectivity index (χ0n) is 15.8. The average molecular weight is 355 g/mol. The van der Waals surface area contributed by atoms with Crippen LogP contribution in [0.2, 0.25) is 0 Å². The molecule has 1 aliphatic carbocycles. The van der Waals surface area contributed by atoms with Crippen molar-refractivity contribution in [3.63, 3.8) is 0 Å². The van der Waals surface area contributed by atoms with Crippen molar-refractivity contribution in [3.05, 3.63) is 41.5 Å². The maximum atomic E-state index is 12.7. The van der Waals surface area contributed by atoms with E-state index in [1.165, 1.54) is 32.1 Å². The Kier molecular flexibility index (Phi) is 6.42. The molecule has 0 radical (unpaired) electrons. The summed E-state index contributed by atoms with van der Waals surface area (Å²) in [7, 11) is 0. The summed E-state index contributed by atoms with van der Waals surface area (Å²) in [6.07, 6.45) is 8.79. The quantitative estimate of drug-likeness (QED) is 0.766. The molecule has 0 atom stereocenters. The number of carbonyl (C=O) groups excluding carboxylic acids is 1. The van der Waals surface area contributed by atoms with Crippen molar-refractivity contribution in [1.82, 2.24) is 10.1 Å². The fourth-order valence-electron chi connectivity index (χ4n) is 3.81. The summed E-state index contributed by atoms with van der Waals surface area (Å²) >= 11 is 0. The molecule has 1 N–H and O–H groups in total. The molecular weight excluding hydrogens is 326 g/mol. The summed E-state index contributed by atoms with van der Waals surface area (Å²) in [5.41, 5.74) is 1.85. The summed E-state index contributed by atoms with van der Waals surface area (Å²) in [6.45, 7) is 4.05. The minimum Gasteiger partial charge on any atom is -0.339 e. The van der Waals surface area contributed by atoms with Crippen LogP contribution in [0.3, 0.4) is 0 Å². The predicted octanol–water partition coefficient (Wildman–Crippen LogP) is 4.90. The summed E-state index contributed by atoms with van der Waals surface area (Å²) in [4.78, 5) is 17.0. The van der Waals surface area contributed by atoms with Crippen molar-refractivity contribution in [2.24, 2.45) is 11.8 Å². The van der Waals surface area contributed by atoms with Crippen molar-refractivity contribution in [2.75, 3.05) is 5.32 Å². The number of carbonyl (C=O) groups is 1. The highest BCUT2D eigenvalue weighted by molar-refractivity contribution is 5.93. The second kappa shape index (κ2) is 8.97. The number of rotatable bonds is 7. The highest BCUT2D eigenvalue weighted by atomic mass is 16.5. The van der Waals surface area contributed by atoms with Crippen LogP contribution < -0.4 is 5.32 Å². The molecule has 1 saturated carbocycles. The molecule has 0 aliphatic heterocycles. The predicted molar refractivity (Wildman–Crippen MR) is 102 cm³/mol. The summed E-state index contributed by atoms with van der Waals surface area (Å²) < 4.78 is 5.21. The molecule has 2 aromatic rings. The Morgan fingerprint density at radius 1 is 1.23 bits per heavy atom. The van der Waals surface area contributed by atoms with Crippen LogP contribution in [0.25, 0.3) is 0 Å². The lowest BCUT2D eigenvalue weighted by Gasteiger charge is -2.28. The SMILES string of the molecule is CCCCC1CCC(C(=O)Nc2ccccc2Cc2nc(C)no2)CC1. The standard InChI is InChI=1S/C21H29N3O2/c1-3-4-7-16-10-12-17(13-11-16)21(25)23-19-9-6-5-8-18(19)14-20-22-15(2)24-26-20/h5-6,8-9,16-17H,3-4,7,10-14H2,1-2H3,(H,23,25). The Labute approximate surface area is 155 Å². The number of benzene rings is 1. The van der Waals surface area contributed by atoms with E-state index in [9.17, 15) is 4.79 Å². The maximum absolute atomic E-state index is 12.7. The number of nitrogens with zero attached hydrogens (tertiary/aromatic N) is 2. The molecule has 1 aliphatic rings. The number of amides is 1. The Balaban J connectivity index is 1.58. The van der Waals surface area contributed by atoms with E-state index < -0.39 is 0 Å². The van der Waals surface area contributed by atoms with Crippen LogP contribution in [0.1, 0.15) is 69.1 Å². The third-order valence-corrected chi connectivity index (χ3v) is 5.37. The molecule has 1 fully saturated rings. The van der Waals surface area contributed by atoms with E-state index in [0.717, 1.165) is 30.0 Å². The zero-order valence-corrected chi connectivity index (χ0v) is 15.8. The van der Waals surface area contributed by atoms with Gasteiger partial charge in [-0.1, -0.05) is 49.5 Å². The molecule has 0 bridgehead atoms. The van der Waals surface area contributed by atoms with E-state index >= 15 is 0 Å². The van der Waals surface area contributed by atoms with E-state index in [2.05, 4.69) is 22.4 Å². The van der Waals surface area contributed by atoms with Crippen LogP contribution in [-0.4, -0.2) is 16.0 Å². The number of para-hydroxylation sites is 1. The topological polar surface area (TPSA) is 68.0 Å². The van der Waals surface area contributed by atoms with Gasteiger partial charge in [0.05, 0.1) is 6.42 Å². The Morgan fingerprint density at radius 3 is 2.69 bits per heavy atom. The molecule has 0 unspecified atom stereocenters. The second-order valence-corrected chi connectivity index (χ2v) is 7.42. The highest BCUT2D eigenvalue weighted by Crippen LogP contribution is 2.33. The minimum absolute atomic E-state index is 0.131. The van der Waals surface area contributed by atoms with Gasteiger partial charge in [-0.2, -0.15) is 4.98 Å². The molecule has 1 amide bonds. The number of hydrogen-bond donors (Lipinski definition) is 1. The molecule has 1 heterocycles. The van der Waals surface area contributed by atoms with Gasteiger partial charge in [0.2, 0.25) is 11.8 Å². The lowest BCUT2D eigenvalue weighted by atomic mass is 9.79. The van der Waals surface area contributed by atoms with E-state index in [1.54, 1.807) is 6.92 Å². The van der Waals surface area contributed by atoms with Crippen molar-refractivity contribution in [1.29, 1.82) is 0 Å². The molecule has 140 valence electrons. The Morgan fingerprint density at radius 2 is 2.00 bits per heavy atom. The normalized spacial score (nSPS) is 20.1. The monoisotopic (exact) mass is 355 g/mol. The molecule has 5 nitrogen and oxygen atoms in total.